The Morgan fingerprint density at radius 3 is 2.47 bits per heavy atom. The van der Waals surface area contributed by atoms with Gasteiger partial charge in [-0.1, -0.05) is 6.92 Å². The monoisotopic (exact) mass is 254 g/mol. The van der Waals surface area contributed by atoms with Gasteiger partial charge in [0.1, 0.15) is 0 Å². The second kappa shape index (κ2) is 4.56. The average molecular weight is 254 g/mol. The van der Waals surface area contributed by atoms with Crippen LogP contribution in [0.3, 0.4) is 0 Å². The summed E-state index contributed by atoms with van der Waals surface area (Å²) >= 11 is 0. The Bertz CT molecular complexity index is 505. The number of hydrogen-bond acceptors (Lipinski definition) is 4. The van der Waals surface area contributed by atoms with Crippen LogP contribution >= 0.6 is 0 Å². The predicted octanol–water partition coefficient (Wildman–Crippen LogP) is 1.66. The molecule has 1 aromatic rings. The molecule has 1 fully saturated rings. The van der Waals surface area contributed by atoms with Crippen LogP contribution in [-0.4, -0.2) is 27.3 Å². The molecule has 5 heteroatoms. The predicted molar refractivity (Wildman–Crippen MR) is 70.0 cm³/mol. The molecule has 1 saturated heterocycles. The van der Waals surface area contributed by atoms with Crippen molar-refractivity contribution in [2.45, 2.75) is 24.7 Å². The van der Waals surface area contributed by atoms with Crippen LogP contribution in [0.15, 0.2) is 23.1 Å². The zero-order chi connectivity index (χ0) is 12.5. The number of hydrogen-bond donors (Lipinski definition) is 1. The lowest BCUT2D eigenvalue weighted by molar-refractivity contribution is 0.597. The van der Waals surface area contributed by atoms with Crippen molar-refractivity contribution in [3.05, 3.63) is 18.2 Å². The number of rotatable bonds is 3. The Morgan fingerprint density at radius 2 is 1.94 bits per heavy atom. The Kier molecular flexibility index (Phi) is 3.28. The summed E-state index contributed by atoms with van der Waals surface area (Å²) in [6, 6.07) is 5.05. The Hall–Kier alpha value is -1.23. The van der Waals surface area contributed by atoms with Gasteiger partial charge in [0.05, 0.1) is 22.0 Å². The maximum absolute atomic E-state index is 11.7. The topological polar surface area (TPSA) is 63.4 Å². The lowest BCUT2D eigenvalue weighted by atomic mass is 10.2. The summed E-state index contributed by atoms with van der Waals surface area (Å²) in [7, 11) is -3.16. The van der Waals surface area contributed by atoms with E-state index in [9.17, 15) is 8.42 Å². The van der Waals surface area contributed by atoms with Crippen LogP contribution in [0.1, 0.15) is 19.8 Å². The van der Waals surface area contributed by atoms with Crippen LogP contribution in [0.2, 0.25) is 0 Å². The van der Waals surface area contributed by atoms with Gasteiger partial charge >= 0.3 is 0 Å². The van der Waals surface area contributed by atoms with E-state index in [0.717, 1.165) is 18.8 Å². The van der Waals surface area contributed by atoms with E-state index in [1.54, 1.807) is 19.1 Å². The van der Waals surface area contributed by atoms with E-state index in [1.165, 1.54) is 12.8 Å². The molecule has 0 saturated carbocycles. The van der Waals surface area contributed by atoms with E-state index in [4.69, 9.17) is 5.73 Å². The van der Waals surface area contributed by atoms with Crippen molar-refractivity contribution in [3.63, 3.8) is 0 Å². The van der Waals surface area contributed by atoms with Crippen molar-refractivity contribution in [1.29, 1.82) is 0 Å². The first-order valence-electron chi connectivity index (χ1n) is 5.92. The fraction of sp³-hybridized carbons (Fsp3) is 0.500. The van der Waals surface area contributed by atoms with Crippen molar-refractivity contribution in [2.75, 3.05) is 29.5 Å². The van der Waals surface area contributed by atoms with Crippen LogP contribution in [0.5, 0.6) is 0 Å². The van der Waals surface area contributed by atoms with E-state index in [0.29, 0.717) is 10.6 Å². The summed E-state index contributed by atoms with van der Waals surface area (Å²) < 4.78 is 23.4. The quantitative estimate of drug-likeness (QED) is 0.833. The van der Waals surface area contributed by atoms with Gasteiger partial charge in [-0.3, -0.25) is 0 Å². The molecule has 4 nitrogen and oxygen atoms in total. The highest BCUT2D eigenvalue weighted by molar-refractivity contribution is 7.91. The second-order valence-corrected chi connectivity index (χ2v) is 6.60. The zero-order valence-electron chi connectivity index (χ0n) is 10.0. The van der Waals surface area contributed by atoms with Gasteiger partial charge in [0.25, 0.3) is 0 Å². The Balaban J connectivity index is 2.35. The molecule has 2 rings (SSSR count). The molecule has 2 N–H and O–H groups in total. The van der Waals surface area contributed by atoms with Crippen LogP contribution < -0.4 is 10.6 Å². The van der Waals surface area contributed by atoms with E-state index >= 15 is 0 Å². The van der Waals surface area contributed by atoms with E-state index in [1.807, 2.05) is 6.07 Å². The number of sulfone groups is 1. The molecule has 0 aromatic heterocycles. The first-order valence-corrected chi connectivity index (χ1v) is 7.57. The van der Waals surface area contributed by atoms with Gasteiger partial charge in [0.2, 0.25) is 0 Å². The molecule has 0 radical (unpaired) electrons. The number of nitrogens with two attached hydrogens (primary N) is 1. The van der Waals surface area contributed by atoms with Crippen molar-refractivity contribution >= 4 is 21.2 Å². The highest BCUT2D eigenvalue weighted by Gasteiger charge is 2.17. The minimum Gasteiger partial charge on any atom is -0.397 e. The lowest BCUT2D eigenvalue weighted by Crippen LogP contribution is -2.19. The SMILES string of the molecule is CCS(=O)(=O)c1ccc(N2CCCC2)c(N)c1. The van der Waals surface area contributed by atoms with Gasteiger partial charge < -0.3 is 10.6 Å². The molecule has 1 aliphatic heterocycles. The largest absolute Gasteiger partial charge is 0.397 e. The first kappa shape index (κ1) is 12.2. The Morgan fingerprint density at radius 1 is 1.29 bits per heavy atom. The van der Waals surface area contributed by atoms with Gasteiger partial charge in [-0.05, 0) is 31.0 Å². The molecule has 1 aliphatic rings. The van der Waals surface area contributed by atoms with Crippen molar-refractivity contribution in [3.8, 4) is 0 Å². The van der Waals surface area contributed by atoms with Crippen LogP contribution in [-0.2, 0) is 9.84 Å². The fourth-order valence-electron chi connectivity index (χ4n) is 2.14. The number of benzene rings is 1. The first-order chi connectivity index (χ1) is 8.04. The van der Waals surface area contributed by atoms with Crippen LogP contribution in [0.25, 0.3) is 0 Å². The molecule has 0 bridgehead atoms. The summed E-state index contributed by atoms with van der Waals surface area (Å²) in [4.78, 5) is 2.53. The maximum Gasteiger partial charge on any atom is 0.178 e. The standard InChI is InChI=1S/C12H18N2O2S/c1-2-17(15,16)10-5-6-12(11(13)9-10)14-7-3-4-8-14/h5-6,9H,2-4,7-8,13H2,1H3. The molecular weight excluding hydrogens is 236 g/mol. The molecular formula is C12H18N2O2S. The fourth-order valence-corrected chi connectivity index (χ4v) is 3.05. The molecule has 0 unspecified atom stereocenters. The summed E-state index contributed by atoms with van der Waals surface area (Å²) in [6.07, 6.45) is 2.35. The number of anilines is 2. The lowest BCUT2D eigenvalue weighted by Gasteiger charge is -2.20. The molecule has 0 amide bonds. The highest BCUT2D eigenvalue weighted by Crippen LogP contribution is 2.29. The zero-order valence-corrected chi connectivity index (χ0v) is 10.8. The molecule has 0 spiro atoms. The Labute approximate surface area is 102 Å². The van der Waals surface area contributed by atoms with Crippen molar-refractivity contribution in [1.82, 2.24) is 0 Å². The van der Waals surface area contributed by atoms with Gasteiger partial charge in [0, 0.05) is 13.1 Å². The number of nitrogen functional groups attached to an aromatic ring is 1. The van der Waals surface area contributed by atoms with Crippen LogP contribution in [0.4, 0.5) is 11.4 Å². The summed E-state index contributed by atoms with van der Waals surface area (Å²) in [5.41, 5.74) is 7.46. The number of nitrogens with zero attached hydrogens (tertiary/aromatic N) is 1. The van der Waals surface area contributed by atoms with Gasteiger partial charge in [0.15, 0.2) is 9.84 Å². The highest BCUT2D eigenvalue weighted by atomic mass is 32.2. The van der Waals surface area contributed by atoms with Gasteiger partial charge in [-0.15, -0.1) is 0 Å². The summed E-state index contributed by atoms with van der Waals surface area (Å²) in [5, 5.41) is 0. The minimum atomic E-state index is -3.16. The van der Waals surface area contributed by atoms with E-state index in [-0.39, 0.29) is 5.75 Å². The average Bonchev–Trinajstić information content (AvgIpc) is 2.82. The molecule has 1 aromatic carbocycles. The van der Waals surface area contributed by atoms with Gasteiger partial charge in [-0.2, -0.15) is 0 Å². The van der Waals surface area contributed by atoms with E-state index in [2.05, 4.69) is 4.90 Å². The molecule has 0 aliphatic carbocycles. The summed E-state index contributed by atoms with van der Waals surface area (Å²) in [5.74, 6) is 0.107. The maximum atomic E-state index is 11.7. The van der Waals surface area contributed by atoms with Crippen molar-refractivity contribution in [2.24, 2.45) is 0 Å². The summed E-state index contributed by atoms with van der Waals surface area (Å²) in [6.45, 7) is 3.65. The normalized spacial score (nSPS) is 16.4. The van der Waals surface area contributed by atoms with Gasteiger partial charge in [-0.25, -0.2) is 8.42 Å². The molecule has 94 valence electrons. The minimum absolute atomic E-state index is 0.107. The molecule has 1 heterocycles. The third-order valence-electron chi connectivity index (χ3n) is 3.18. The second-order valence-electron chi connectivity index (χ2n) is 4.32. The molecule has 0 atom stereocenters. The molecule has 17 heavy (non-hydrogen) atoms. The third-order valence-corrected chi connectivity index (χ3v) is 4.92. The van der Waals surface area contributed by atoms with Crippen molar-refractivity contribution < 1.29 is 8.42 Å². The van der Waals surface area contributed by atoms with Crippen LogP contribution in [0, 0.1) is 0 Å². The third kappa shape index (κ3) is 2.39. The smallest absolute Gasteiger partial charge is 0.178 e. The van der Waals surface area contributed by atoms with E-state index < -0.39 is 9.84 Å².